The maximum atomic E-state index is 12.4. The van der Waals surface area contributed by atoms with E-state index >= 15 is 0 Å². The van der Waals surface area contributed by atoms with Crippen LogP contribution < -0.4 is 11.1 Å². The molecule has 3 rings (SSSR count). The van der Waals surface area contributed by atoms with Crippen molar-refractivity contribution in [2.75, 3.05) is 11.1 Å². The van der Waals surface area contributed by atoms with E-state index in [1.165, 1.54) is 0 Å². The molecule has 0 bridgehead atoms. The second-order valence-electron chi connectivity index (χ2n) is 4.53. The van der Waals surface area contributed by atoms with Gasteiger partial charge in [0.1, 0.15) is 11.0 Å². The Morgan fingerprint density at radius 3 is 2.90 bits per heavy atom. The highest BCUT2D eigenvalue weighted by atomic mass is 35.5. The highest BCUT2D eigenvalue weighted by Crippen LogP contribution is 2.30. The van der Waals surface area contributed by atoms with Crippen LogP contribution in [-0.2, 0) is 0 Å². The molecule has 2 aromatic carbocycles. The monoisotopic (exact) mass is 318 g/mol. The molecule has 0 saturated heterocycles. The van der Waals surface area contributed by atoms with Crippen molar-refractivity contribution < 1.29 is 4.79 Å². The van der Waals surface area contributed by atoms with E-state index in [4.69, 9.17) is 17.3 Å². The molecule has 3 aromatic rings. The van der Waals surface area contributed by atoms with E-state index < -0.39 is 0 Å². The van der Waals surface area contributed by atoms with Gasteiger partial charge in [-0.2, -0.15) is 8.75 Å². The Labute approximate surface area is 130 Å². The average Bonchev–Trinajstić information content (AvgIpc) is 2.93. The van der Waals surface area contributed by atoms with Crippen LogP contribution in [0.25, 0.3) is 11.0 Å². The molecule has 1 amide bonds. The fraction of sp³-hybridized carbons (Fsp3) is 0.0714. The predicted octanol–water partition coefficient (Wildman–Crippen LogP) is 3.49. The lowest BCUT2D eigenvalue weighted by Crippen LogP contribution is -2.14. The van der Waals surface area contributed by atoms with Crippen LogP contribution >= 0.6 is 23.3 Å². The molecular formula is C14H11ClN4OS. The van der Waals surface area contributed by atoms with Gasteiger partial charge in [-0.15, -0.1) is 0 Å². The van der Waals surface area contributed by atoms with Gasteiger partial charge in [-0.25, -0.2) is 0 Å². The number of aromatic nitrogens is 2. The Hall–Kier alpha value is -2.18. The molecule has 3 N–H and O–H groups in total. The van der Waals surface area contributed by atoms with Crippen LogP contribution in [0.5, 0.6) is 0 Å². The number of rotatable bonds is 2. The fourth-order valence-electron chi connectivity index (χ4n) is 2.03. The van der Waals surface area contributed by atoms with Gasteiger partial charge in [-0.1, -0.05) is 17.7 Å². The highest BCUT2D eigenvalue weighted by molar-refractivity contribution is 7.00. The van der Waals surface area contributed by atoms with Gasteiger partial charge < -0.3 is 11.1 Å². The molecule has 0 aliphatic rings. The van der Waals surface area contributed by atoms with Crippen molar-refractivity contribution >= 4 is 51.6 Å². The fourth-order valence-corrected chi connectivity index (χ4v) is 2.77. The van der Waals surface area contributed by atoms with E-state index in [1.807, 2.05) is 0 Å². The van der Waals surface area contributed by atoms with Crippen molar-refractivity contribution in [2.24, 2.45) is 0 Å². The van der Waals surface area contributed by atoms with Crippen LogP contribution in [0.4, 0.5) is 11.4 Å². The maximum Gasteiger partial charge on any atom is 0.256 e. The first kappa shape index (κ1) is 13.8. The summed E-state index contributed by atoms with van der Waals surface area (Å²) in [4.78, 5) is 12.4. The Morgan fingerprint density at radius 1 is 1.29 bits per heavy atom. The summed E-state index contributed by atoms with van der Waals surface area (Å²) in [5.74, 6) is -0.276. The van der Waals surface area contributed by atoms with Gasteiger partial charge in [-0.3, -0.25) is 4.79 Å². The zero-order chi connectivity index (χ0) is 15.0. The largest absolute Gasteiger partial charge is 0.398 e. The van der Waals surface area contributed by atoms with Gasteiger partial charge >= 0.3 is 0 Å². The average molecular weight is 319 g/mol. The van der Waals surface area contributed by atoms with Crippen LogP contribution in [-0.4, -0.2) is 14.7 Å². The molecule has 0 spiro atoms. The third kappa shape index (κ3) is 2.43. The Balaban J connectivity index is 2.02. The molecule has 5 nitrogen and oxygen atoms in total. The van der Waals surface area contributed by atoms with E-state index in [9.17, 15) is 4.79 Å². The van der Waals surface area contributed by atoms with Gasteiger partial charge in [0.15, 0.2) is 0 Å². The van der Waals surface area contributed by atoms with E-state index in [-0.39, 0.29) is 5.91 Å². The Kier molecular flexibility index (Phi) is 3.48. The summed E-state index contributed by atoms with van der Waals surface area (Å²) in [6.07, 6.45) is 0. The first-order chi connectivity index (χ1) is 10.1. The van der Waals surface area contributed by atoms with Gasteiger partial charge in [0.25, 0.3) is 5.91 Å². The molecule has 0 fully saturated rings. The second kappa shape index (κ2) is 5.31. The number of nitrogens with zero attached hydrogens (tertiary/aromatic N) is 2. The molecule has 7 heteroatoms. The molecule has 21 heavy (non-hydrogen) atoms. The lowest BCUT2D eigenvalue weighted by atomic mass is 10.1. The van der Waals surface area contributed by atoms with Crippen molar-refractivity contribution in [3.63, 3.8) is 0 Å². The number of nitrogen functional groups attached to an aromatic ring is 1. The van der Waals surface area contributed by atoms with Gasteiger partial charge in [0.2, 0.25) is 0 Å². The van der Waals surface area contributed by atoms with Gasteiger partial charge in [0.05, 0.1) is 22.4 Å². The Morgan fingerprint density at radius 2 is 2.10 bits per heavy atom. The van der Waals surface area contributed by atoms with Crippen molar-refractivity contribution in [2.45, 2.75) is 6.92 Å². The van der Waals surface area contributed by atoms with Crippen LogP contribution in [0.3, 0.4) is 0 Å². The minimum Gasteiger partial charge on any atom is -0.398 e. The highest BCUT2D eigenvalue weighted by Gasteiger charge is 2.16. The predicted molar refractivity (Wildman–Crippen MR) is 86.0 cm³/mol. The topological polar surface area (TPSA) is 80.9 Å². The number of amides is 1. The number of nitrogens with two attached hydrogens (primary N) is 1. The smallest absolute Gasteiger partial charge is 0.256 e. The van der Waals surface area contributed by atoms with Crippen molar-refractivity contribution in [3.8, 4) is 0 Å². The van der Waals surface area contributed by atoms with Crippen LogP contribution in [0, 0.1) is 6.92 Å². The number of hydrogen-bond donors (Lipinski definition) is 2. The summed E-state index contributed by atoms with van der Waals surface area (Å²) in [6.45, 7) is 1.80. The SMILES string of the molecule is Cc1c(N)cccc1C(=O)Nc1c(Cl)ccc2nsnc12. The first-order valence-corrected chi connectivity index (χ1v) is 7.26. The number of nitrogens with one attached hydrogen (secondary N) is 1. The normalized spacial score (nSPS) is 10.8. The number of halogens is 1. The summed E-state index contributed by atoms with van der Waals surface area (Å²) in [5, 5.41) is 3.22. The number of benzene rings is 2. The van der Waals surface area contributed by atoms with Crippen molar-refractivity contribution in [1.82, 2.24) is 8.75 Å². The molecule has 0 radical (unpaired) electrons. The lowest BCUT2D eigenvalue weighted by Gasteiger charge is -2.10. The quantitative estimate of drug-likeness (QED) is 0.709. The zero-order valence-corrected chi connectivity index (χ0v) is 12.6. The molecular weight excluding hydrogens is 308 g/mol. The molecule has 0 aliphatic carbocycles. The van der Waals surface area contributed by atoms with E-state index in [2.05, 4.69) is 14.1 Å². The lowest BCUT2D eigenvalue weighted by molar-refractivity contribution is 0.102. The summed E-state index contributed by atoms with van der Waals surface area (Å²) in [7, 11) is 0. The maximum absolute atomic E-state index is 12.4. The summed E-state index contributed by atoms with van der Waals surface area (Å²) in [6, 6.07) is 8.66. The molecule has 0 saturated carbocycles. The third-order valence-electron chi connectivity index (χ3n) is 3.24. The van der Waals surface area contributed by atoms with E-state index in [0.29, 0.717) is 33.0 Å². The minimum atomic E-state index is -0.276. The van der Waals surface area contributed by atoms with Gasteiger partial charge in [0, 0.05) is 11.3 Å². The molecule has 1 aromatic heterocycles. The minimum absolute atomic E-state index is 0.276. The molecule has 0 unspecified atom stereocenters. The number of fused-ring (bicyclic) bond motifs is 1. The third-order valence-corrected chi connectivity index (χ3v) is 4.09. The van der Waals surface area contributed by atoms with E-state index in [1.54, 1.807) is 37.3 Å². The standard InChI is InChI=1S/C14H11ClN4OS/c1-7-8(3-2-4-10(7)16)14(20)17-12-9(15)5-6-11-13(12)19-21-18-11/h2-6H,16H2,1H3,(H,17,20). The van der Waals surface area contributed by atoms with E-state index in [0.717, 1.165) is 17.3 Å². The number of anilines is 2. The van der Waals surface area contributed by atoms with Crippen LogP contribution in [0.15, 0.2) is 30.3 Å². The molecule has 106 valence electrons. The molecule has 1 heterocycles. The number of carbonyl (C=O) groups excluding carboxylic acids is 1. The summed E-state index contributed by atoms with van der Waals surface area (Å²) in [5.41, 5.74) is 9.39. The van der Waals surface area contributed by atoms with Crippen LogP contribution in [0.2, 0.25) is 5.02 Å². The van der Waals surface area contributed by atoms with Crippen molar-refractivity contribution in [3.05, 3.63) is 46.5 Å². The summed E-state index contributed by atoms with van der Waals surface area (Å²) < 4.78 is 8.31. The number of carbonyl (C=O) groups is 1. The zero-order valence-electron chi connectivity index (χ0n) is 11.1. The first-order valence-electron chi connectivity index (χ1n) is 6.15. The number of hydrogen-bond acceptors (Lipinski definition) is 5. The Bertz CT molecular complexity index is 846. The van der Waals surface area contributed by atoms with Gasteiger partial charge in [-0.05, 0) is 36.8 Å². The van der Waals surface area contributed by atoms with Crippen LogP contribution in [0.1, 0.15) is 15.9 Å². The van der Waals surface area contributed by atoms with Crippen molar-refractivity contribution in [1.29, 1.82) is 0 Å². The molecule has 0 aliphatic heterocycles. The summed E-state index contributed by atoms with van der Waals surface area (Å²) >= 11 is 7.23. The molecule has 0 atom stereocenters. The second-order valence-corrected chi connectivity index (χ2v) is 5.46.